The maximum absolute atomic E-state index is 2.99. The maximum Gasteiger partial charge on any atom is 3.00 e. The third kappa shape index (κ3) is 12.1. The molecule has 0 aromatic carbocycles. The summed E-state index contributed by atoms with van der Waals surface area (Å²) in [5.74, 6) is 0. The summed E-state index contributed by atoms with van der Waals surface area (Å²) in [6.07, 6.45) is 29.5. The summed E-state index contributed by atoms with van der Waals surface area (Å²) in [6, 6.07) is 0. The molecule has 0 nitrogen and oxygen atoms in total. The van der Waals surface area contributed by atoms with Gasteiger partial charge in [0.1, 0.15) is 0 Å². The van der Waals surface area contributed by atoms with Crippen LogP contribution in [0.3, 0.4) is 0 Å². The molecule has 17 heavy (non-hydrogen) atoms. The molecule has 0 bridgehead atoms. The topological polar surface area (TPSA) is 0 Å². The molecule has 3 aliphatic rings. The molecule has 0 amide bonds. The van der Waals surface area contributed by atoms with Crippen molar-refractivity contribution >= 4 is 0 Å². The van der Waals surface area contributed by atoms with Crippen LogP contribution in [-0.4, -0.2) is 0 Å². The van der Waals surface area contributed by atoms with Crippen LogP contribution in [-0.2, 0) is 26.2 Å². The first-order valence-electron chi connectivity index (χ1n) is 6.25. The Morgan fingerprint density at radius 2 is 1.29 bits per heavy atom. The minimum atomic E-state index is 0. The maximum atomic E-state index is 2.99. The summed E-state index contributed by atoms with van der Waals surface area (Å²) in [5, 5.41) is 0. The second kappa shape index (κ2) is 13.9. The van der Waals surface area contributed by atoms with Gasteiger partial charge >= 0.3 is 26.2 Å². The normalized spacial score (nSPS) is 18.8. The molecule has 1 fully saturated rings. The Balaban J connectivity index is 0.000000221. The van der Waals surface area contributed by atoms with E-state index in [1.807, 2.05) is 24.3 Å². The summed E-state index contributed by atoms with van der Waals surface area (Å²) < 4.78 is 0. The Labute approximate surface area is 126 Å². The molecular formula is C16H21Zr. The molecule has 0 saturated heterocycles. The van der Waals surface area contributed by atoms with Crippen LogP contribution in [0.1, 0.15) is 44.9 Å². The molecule has 3 aliphatic carbocycles. The van der Waals surface area contributed by atoms with Gasteiger partial charge in [0.15, 0.2) is 0 Å². The van der Waals surface area contributed by atoms with E-state index in [2.05, 4.69) is 30.7 Å². The summed E-state index contributed by atoms with van der Waals surface area (Å²) in [7, 11) is 0. The van der Waals surface area contributed by atoms with Crippen molar-refractivity contribution in [3.8, 4) is 0 Å². The van der Waals surface area contributed by atoms with E-state index in [1.165, 1.54) is 32.1 Å². The molecule has 0 N–H and O–H groups in total. The van der Waals surface area contributed by atoms with Gasteiger partial charge in [0.05, 0.1) is 0 Å². The molecule has 1 saturated carbocycles. The zero-order valence-corrected chi connectivity index (χ0v) is 12.9. The molecule has 0 atom stereocenters. The van der Waals surface area contributed by atoms with Crippen LogP contribution in [0.15, 0.2) is 36.5 Å². The van der Waals surface area contributed by atoms with Crippen molar-refractivity contribution in [3.63, 3.8) is 0 Å². The Bertz CT molecular complexity index is 201. The number of allylic oxidation sites excluding steroid dienone is 8. The summed E-state index contributed by atoms with van der Waals surface area (Å²) in [4.78, 5) is 0. The van der Waals surface area contributed by atoms with Crippen molar-refractivity contribution in [1.29, 1.82) is 0 Å². The zero-order chi connectivity index (χ0) is 11.3. The molecule has 0 aromatic rings. The van der Waals surface area contributed by atoms with Crippen molar-refractivity contribution in [2.24, 2.45) is 0 Å². The molecular weight excluding hydrogens is 283 g/mol. The van der Waals surface area contributed by atoms with E-state index >= 15 is 0 Å². The first-order chi connectivity index (χ1) is 8.00. The van der Waals surface area contributed by atoms with Crippen LogP contribution >= 0.6 is 0 Å². The van der Waals surface area contributed by atoms with Crippen LogP contribution in [0.5, 0.6) is 0 Å². The van der Waals surface area contributed by atoms with E-state index in [9.17, 15) is 0 Å². The van der Waals surface area contributed by atoms with Gasteiger partial charge in [-0.05, 0) is 0 Å². The van der Waals surface area contributed by atoms with Crippen molar-refractivity contribution in [2.75, 3.05) is 0 Å². The molecule has 1 heteroatoms. The van der Waals surface area contributed by atoms with Gasteiger partial charge in [-0.3, -0.25) is 12.2 Å². The van der Waals surface area contributed by atoms with E-state index in [0.29, 0.717) is 0 Å². The standard InChI is InChI=1S/C6H11.2C5H5.Zr/c1-2-4-6-5-3-1;2*1-2-4-5-3-1;/h1H,2-6H2;2*1-3H,4H2;/q3*-1;+3. The molecule has 1 radical (unpaired) electrons. The number of hydrogen-bond acceptors (Lipinski definition) is 0. The van der Waals surface area contributed by atoms with E-state index in [0.717, 1.165) is 12.8 Å². The third-order valence-electron chi connectivity index (χ3n) is 2.49. The molecule has 3 rings (SSSR count). The SMILES string of the molecule is [C-]1=CC=CC1.[C-]1=CC=CC1.[CH-]1CCCCC1.[Zr+3]. The smallest absolute Gasteiger partial charge is 0.328 e. The van der Waals surface area contributed by atoms with Crippen LogP contribution in [0.4, 0.5) is 0 Å². The van der Waals surface area contributed by atoms with Crippen LogP contribution in [0, 0.1) is 18.6 Å². The van der Waals surface area contributed by atoms with Crippen molar-refractivity contribution in [2.45, 2.75) is 44.9 Å². The Kier molecular flexibility index (Phi) is 13.8. The summed E-state index contributed by atoms with van der Waals surface area (Å²) in [5.41, 5.74) is 0. The largest absolute Gasteiger partial charge is 3.00 e. The monoisotopic (exact) mass is 303 g/mol. The van der Waals surface area contributed by atoms with E-state index in [4.69, 9.17) is 0 Å². The van der Waals surface area contributed by atoms with E-state index in [-0.39, 0.29) is 26.2 Å². The van der Waals surface area contributed by atoms with Gasteiger partial charge in [-0.25, -0.2) is 24.3 Å². The molecule has 0 aromatic heterocycles. The molecule has 0 aliphatic heterocycles. The van der Waals surface area contributed by atoms with Crippen LogP contribution in [0.2, 0.25) is 0 Å². The van der Waals surface area contributed by atoms with Crippen LogP contribution in [0.25, 0.3) is 0 Å². The van der Waals surface area contributed by atoms with Crippen molar-refractivity contribution < 1.29 is 26.2 Å². The van der Waals surface area contributed by atoms with Crippen LogP contribution < -0.4 is 0 Å². The molecule has 0 spiro atoms. The Morgan fingerprint density at radius 3 is 1.41 bits per heavy atom. The van der Waals surface area contributed by atoms with Gasteiger partial charge in [-0.2, -0.15) is 25.0 Å². The minimum Gasteiger partial charge on any atom is -0.328 e. The third-order valence-corrected chi connectivity index (χ3v) is 2.49. The van der Waals surface area contributed by atoms with Gasteiger partial charge in [0.25, 0.3) is 0 Å². The molecule has 0 heterocycles. The van der Waals surface area contributed by atoms with E-state index < -0.39 is 0 Å². The van der Waals surface area contributed by atoms with Crippen molar-refractivity contribution in [3.05, 3.63) is 55.0 Å². The quantitative estimate of drug-likeness (QED) is 0.566. The fourth-order valence-electron chi connectivity index (χ4n) is 1.58. The Hall–Kier alpha value is -0.157. The minimum absolute atomic E-state index is 0. The second-order valence-corrected chi connectivity index (χ2v) is 3.93. The second-order valence-electron chi connectivity index (χ2n) is 3.93. The predicted octanol–water partition coefficient (Wildman–Crippen LogP) is 4.76. The van der Waals surface area contributed by atoms with Crippen molar-refractivity contribution in [1.82, 2.24) is 0 Å². The predicted molar refractivity (Wildman–Crippen MR) is 70.5 cm³/mol. The average molecular weight is 305 g/mol. The van der Waals surface area contributed by atoms with Gasteiger partial charge in [-0.15, -0.1) is 12.8 Å². The summed E-state index contributed by atoms with van der Waals surface area (Å²) >= 11 is 0. The number of rotatable bonds is 0. The molecule has 0 unspecified atom stereocenters. The first-order valence-corrected chi connectivity index (χ1v) is 6.25. The average Bonchev–Trinajstić information content (AvgIpc) is 3.10. The Morgan fingerprint density at radius 1 is 0.765 bits per heavy atom. The number of hydrogen-bond donors (Lipinski definition) is 0. The van der Waals surface area contributed by atoms with Gasteiger partial charge in [-0.1, -0.05) is 19.3 Å². The fraction of sp³-hybridized carbons (Fsp3) is 0.438. The van der Waals surface area contributed by atoms with E-state index in [1.54, 1.807) is 0 Å². The zero-order valence-electron chi connectivity index (χ0n) is 10.5. The first kappa shape index (κ1) is 16.8. The summed E-state index contributed by atoms with van der Waals surface area (Å²) in [6.45, 7) is 0. The fourth-order valence-corrected chi connectivity index (χ4v) is 1.58. The van der Waals surface area contributed by atoms with Gasteiger partial charge < -0.3 is 6.42 Å². The van der Waals surface area contributed by atoms with Gasteiger partial charge in [0, 0.05) is 0 Å². The molecule has 89 valence electrons. The van der Waals surface area contributed by atoms with Gasteiger partial charge in [0.2, 0.25) is 0 Å².